The van der Waals surface area contributed by atoms with Gasteiger partial charge in [0.05, 0.1) is 5.54 Å². The van der Waals surface area contributed by atoms with E-state index in [2.05, 4.69) is 42.2 Å². The standard InChI is InChI=1S/C16H21N3O/c1-11-7-12(2)9-13(8-11)10-14-18-15(20-19-14)16(17)5-3-4-6-16/h7-9H,3-6,10,17H2,1-2H3. The summed E-state index contributed by atoms with van der Waals surface area (Å²) in [4.78, 5) is 4.52. The van der Waals surface area contributed by atoms with Gasteiger partial charge in [-0.1, -0.05) is 47.3 Å². The molecule has 1 saturated carbocycles. The third-order valence-electron chi connectivity index (χ3n) is 4.03. The number of aromatic nitrogens is 2. The lowest BCUT2D eigenvalue weighted by Gasteiger charge is -2.17. The molecule has 1 aliphatic carbocycles. The first-order valence-electron chi connectivity index (χ1n) is 7.24. The molecule has 0 unspecified atom stereocenters. The van der Waals surface area contributed by atoms with Crippen molar-refractivity contribution in [1.29, 1.82) is 0 Å². The molecule has 2 aromatic rings. The van der Waals surface area contributed by atoms with Crippen LogP contribution in [0.1, 0.15) is 54.1 Å². The molecule has 106 valence electrons. The second-order valence-corrected chi connectivity index (χ2v) is 6.05. The highest BCUT2D eigenvalue weighted by molar-refractivity contribution is 5.30. The third kappa shape index (κ3) is 2.61. The molecule has 0 amide bonds. The maximum atomic E-state index is 6.34. The predicted molar refractivity (Wildman–Crippen MR) is 77.4 cm³/mol. The van der Waals surface area contributed by atoms with Crippen LogP contribution in [0, 0.1) is 13.8 Å². The highest BCUT2D eigenvalue weighted by Gasteiger charge is 2.36. The van der Waals surface area contributed by atoms with Gasteiger partial charge < -0.3 is 10.3 Å². The highest BCUT2D eigenvalue weighted by Crippen LogP contribution is 2.35. The molecule has 20 heavy (non-hydrogen) atoms. The summed E-state index contributed by atoms with van der Waals surface area (Å²) in [6, 6.07) is 6.49. The predicted octanol–water partition coefficient (Wildman–Crippen LogP) is 3.01. The average molecular weight is 271 g/mol. The summed E-state index contributed by atoms with van der Waals surface area (Å²) in [6.45, 7) is 4.21. The van der Waals surface area contributed by atoms with E-state index in [1.165, 1.54) is 16.7 Å². The van der Waals surface area contributed by atoms with E-state index in [9.17, 15) is 0 Å². The van der Waals surface area contributed by atoms with Gasteiger partial charge in [-0.3, -0.25) is 0 Å². The quantitative estimate of drug-likeness (QED) is 0.932. The number of benzene rings is 1. The van der Waals surface area contributed by atoms with Crippen molar-refractivity contribution in [2.45, 2.75) is 51.5 Å². The monoisotopic (exact) mass is 271 g/mol. The lowest BCUT2D eigenvalue weighted by Crippen LogP contribution is -2.33. The zero-order valence-electron chi connectivity index (χ0n) is 12.1. The SMILES string of the molecule is Cc1cc(C)cc(Cc2noc(C3(N)CCCC3)n2)c1. The topological polar surface area (TPSA) is 64.9 Å². The largest absolute Gasteiger partial charge is 0.337 e. The van der Waals surface area contributed by atoms with Gasteiger partial charge >= 0.3 is 0 Å². The Bertz CT molecular complexity index is 592. The molecule has 1 aliphatic rings. The molecule has 1 heterocycles. The molecule has 0 aliphatic heterocycles. The van der Waals surface area contributed by atoms with Gasteiger partial charge in [0.2, 0.25) is 5.89 Å². The summed E-state index contributed by atoms with van der Waals surface area (Å²) in [5.74, 6) is 1.33. The number of nitrogens with zero attached hydrogens (tertiary/aromatic N) is 2. The molecular formula is C16H21N3O. The van der Waals surface area contributed by atoms with E-state index in [-0.39, 0.29) is 0 Å². The first-order valence-corrected chi connectivity index (χ1v) is 7.24. The van der Waals surface area contributed by atoms with Gasteiger partial charge in [0.25, 0.3) is 0 Å². The van der Waals surface area contributed by atoms with Gasteiger partial charge in [-0.25, -0.2) is 0 Å². The second kappa shape index (κ2) is 5.02. The zero-order chi connectivity index (χ0) is 14.2. The summed E-state index contributed by atoms with van der Waals surface area (Å²) in [5, 5.41) is 4.09. The van der Waals surface area contributed by atoms with E-state index in [1.54, 1.807) is 0 Å². The smallest absolute Gasteiger partial charge is 0.246 e. The fraction of sp³-hybridized carbons (Fsp3) is 0.500. The summed E-state index contributed by atoms with van der Waals surface area (Å²) in [5.41, 5.74) is 9.68. The van der Waals surface area contributed by atoms with Gasteiger partial charge in [-0.15, -0.1) is 0 Å². The van der Waals surface area contributed by atoms with Crippen LogP contribution < -0.4 is 5.73 Å². The van der Waals surface area contributed by atoms with Gasteiger partial charge in [0, 0.05) is 6.42 Å². The molecule has 3 rings (SSSR count). The van der Waals surface area contributed by atoms with Crippen molar-refractivity contribution in [3.8, 4) is 0 Å². The molecule has 0 radical (unpaired) electrons. The second-order valence-electron chi connectivity index (χ2n) is 6.05. The first kappa shape index (κ1) is 13.3. The summed E-state index contributed by atoms with van der Waals surface area (Å²) in [6.07, 6.45) is 4.87. The molecule has 2 N–H and O–H groups in total. The summed E-state index contributed by atoms with van der Waals surface area (Å²) < 4.78 is 5.40. The molecule has 0 bridgehead atoms. The Balaban J connectivity index is 1.80. The summed E-state index contributed by atoms with van der Waals surface area (Å²) in [7, 11) is 0. The summed E-state index contributed by atoms with van der Waals surface area (Å²) >= 11 is 0. The van der Waals surface area contributed by atoms with Gasteiger partial charge in [-0.05, 0) is 32.3 Å². The van der Waals surface area contributed by atoms with Gasteiger partial charge in [0.15, 0.2) is 5.82 Å². The van der Waals surface area contributed by atoms with Crippen molar-refractivity contribution >= 4 is 0 Å². The van der Waals surface area contributed by atoms with Crippen LogP contribution in [-0.4, -0.2) is 10.1 Å². The molecule has 4 heteroatoms. The van der Waals surface area contributed by atoms with Gasteiger partial charge in [0.1, 0.15) is 0 Å². The van der Waals surface area contributed by atoms with Crippen molar-refractivity contribution in [1.82, 2.24) is 10.1 Å². The lowest BCUT2D eigenvalue weighted by atomic mass is 9.99. The molecule has 0 spiro atoms. The van der Waals surface area contributed by atoms with E-state index >= 15 is 0 Å². The Morgan fingerprint density at radius 2 is 1.80 bits per heavy atom. The Kier molecular flexibility index (Phi) is 3.34. The number of hydrogen-bond acceptors (Lipinski definition) is 4. The van der Waals surface area contributed by atoms with Crippen LogP contribution in [0.2, 0.25) is 0 Å². The average Bonchev–Trinajstić information content (AvgIpc) is 2.98. The Morgan fingerprint density at radius 3 is 2.45 bits per heavy atom. The lowest BCUT2D eigenvalue weighted by molar-refractivity contribution is 0.284. The van der Waals surface area contributed by atoms with Crippen molar-refractivity contribution in [2.75, 3.05) is 0 Å². The van der Waals surface area contributed by atoms with Crippen molar-refractivity contribution in [3.63, 3.8) is 0 Å². The van der Waals surface area contributed by atoms with Crippen molar-refractivity contribution in [3.05, 3.63) is 46.6 Å². The fourth-order valence-corrected chi connectivity index (χ4v) is 3.10. The number of rotatable bonds is 3. The Morgan fingerprint density at radius 1 is 1.15 bits per heavy atom. The normalized spacial score (nSPS) is 17.6. The van der Waals surface area contributed by atoms with E-state index in [1.807, 2.05) is 0 Å². The number of aryl methyl sites for hydroxylation is 2. The fourth-order valence-electron chi connectivity index (χ4n) is 3.10. The molecule has 0 atom stereocenters. The minimum atomic E-state index is -0.395. The zero-order valence-corrected chi connectivity index (χ0v) is 12.1. The van der Waals surface area contributed by atoms with Crippen LogP contribution in [-0.2, 0) is 12.0 Å². The van der Waals surface area contributed by atoms with Crippen LogP contribution in [0.15, 0.2) is 22.7 Å². The first-order chi connectivity index (χ1) is 9.55. The van der Waals surface area contributed by atoms with Crippen LogP contribution in [0.25, 0.3) is 0 Å². The van der Waals surface area contributed by atoms with Crippen LogP contribution in [0.3, 0.4) is 0 Å². The van der Waals surface area contributed by atoms with Crippen LogP contribution in [0.4, 0.5) is 0 Å². The minimum Gasteiger partial charge on any atom is -0.337 e. The maximum Gasteiger partial charge on any atom is 0.246 e. The highest BCUT2D eigenvalue weighted by atomic mass is 16.5. The van der Waals surface area contributed by atoms with Gasteiger partial charge in [-0.2, -0.15) is 4.98 Å². The number of hydrogen-bond donors (Lipinski definition) is 1. The van der Waals surface area contributed by atoms with E-state index in [4.69, 9.17) is 10.3 Å². The number of nitrogens with two attached hydrogens (primary N) is 1. The Labute approximate surface area is 119 Å². The van der Waals surface area contributed by atoms with E-state index in [0.29, 0.717) is 12.3 Å². The molecule has 4 nitrogen and oxygen atoms in total. The third-order valence-corrected chi connectivity index (χ3v) is 4.03. The van der Waals surface area contributed by atoms with Crippen molar-refractivity contribution in [2.24, 2.45) is 5.73 Å². The van der Waals surface area contributed by atoms with E-state index < -0.39 is 5.54 Å². The van der Waals surface area contributed by atoms with Crippen LogP contribution >= 0.6 is 0 Å². The van der Waals surface area contributed by atoms with E-state index in [0.717, 1.165) is 31.5 Å². The molecule has 1 fully saturated rings. The molecular weight excluding hydrogens is 250 g/mol. The molecule has 1 aromatic carbocycles. The Hall–Kier alpha value is -1.68. The minimum absolute atomic E-state index is 0.395. The maximum absolute atomic E-state index is 6.34. The molecule has 0 saturated heterocycles. The van der Waals surface area contributed by atoms with Crippen molar-refractivity contribution < 1.29 is 4.52 Å². The molecule has 1 aromatic heterocycles. The van der Waals surface area contributed by atoms with Crippen LogP contribution in [0.5, 0.6) is 0 Å².